The van der Waals surface area contributed by atoms with Gasteiger partial charge in [-0.2, -0.15) is 5.26 Å². The number of amides is 2. The van der Waals surface area contributed by atoms with Crippen LogP contribution in [0, 0.1) is 45.8 Å². The van der Waals surface area contributed by atoms with Crippen LogP contribution in [0.5, 0.6) is 0 Å². The van der Waals surface area contributed by atoms with Crippen molar-refractivity contribution in [3.63, 3.8) is 0 Å². The molecule has 0 aromatic heterocycles. The number of nitriles is 1. The highest BCUT2D eigenvalue weighted by Crippen LogP contribution is 2.65. The van der Waals surface area contributed by atoms with Crippen LogP contribution in [0.4, 0.5) is 0 Å². The van der Waals surface area contributed by atoms with Gasteiger partial charge in [-0.1, -0.05) is 19.9 Å². The fourth-order valence-electron chi connectivity index (χ4n) is 7.19. The van der Waals surface area contributed by atoms with Crippen LogP contribution in [0.2, 0.25) is 0 Å². The van der Waals surface area contributed by atoms with Crippen LogP contribution in [0.15, 0.2) is 12.2 Å². The summed E-state index contributed by atoms with van der Waals surface area (Å²) < 4.78 is 0. The molecule has 7 atom stereocenters. The number of carbonyl (C=O) groups is 2. The van der Waals surface area contributed by atoms with Crippen LogP contribution >= 0.6 is 0 Å². The van der Waals surface area contributed by atoms with E-state index in [4.69, 9.17) is 0 Å². The molecule has 0 spiro atoms. The maximum atomic E-state index is 13.0. The quantitative estimate of drug-likeness (QED) is 0.767. The SMILES string of the molecule is CC(C)(C#N)NC(=O)C1CC[C@H]2[C@@H]3CC[C@H]4NC(=O)C=C[C@]4(C)[C@H]3CC[C@]12C. The van der Waals surface area contributed by atoms with E-state index in [0.29, 0.717) is 17.8 Å². The van der Waals surface area contributed by atoms with Crippen molar-refractivity contribution in [3.8, 4) is 6.07 Å². The lowest BCUT2D eigenvalue weighted by atomic mass is 9.48. The lowest BCUT2D eigenvalue weighted by Gasteiger charge is -2.58. The summed E-state index contributed by atoms with van der Waals surface area (Å²) in [4.78, 5) is 24.9. The predicted molar refractivity (Wildman–Crippen MR) is 107 cm³/mol. The fraction of sp³-hybridized carbons (Fsp3) is 0.783. The average molecular weight is 384 g/mol. The summed E-state index contributed by atoms with van der Waals surface area (Å²) in [5.41, 5.74) is -0.776. The van der Waals surface area contributed by atoms with E-state index in [0.717, 1.165) is 38.5 Å². The van der Waals surface area contributed by atoms with E-state index in [2.05, 4.69) is 36.6 Å². The van der Waals surface area contributed by atoms with Gasteiger partial charge in [0.15, 0.2) is 0 Å². The molecule has 3 saturated carbocycles. The van der Waals surface area contributed by atoms with Gasteiger partial charge in [-0.15, -0.1) is 0 Å². The zero-order valence-corrected chi connectivity index (χ0v) is 17.5. The molecule has 5 heteroatoms. The molecule has 152 valence electrons. The second-order valence-electron chi connectivity index (χ2n) is 10.6. The van der Waals surface area contributed by atoms with E-state index in [9.17, 15) is 14.9 Å². The van der Waals surface area contributed by atoms with Crippen molar-refractivity contribution < 1.29 is 9.59 Å². The summed E-state index contributed by atoms with van der Waals surface area (Å²) in [6.07, 6.45) is 10.2. The Morgan fingerprint density at radius 3 is 2.68 bits per heavy atom. The zero-order chi connectivity index (χ0) is 20.3. The second kappa shape index (κ2) is 6.34. The van der Waals surface area contributed by atoms with Gasteiger partial charge in [-0.05, 0) is 81.6 Å². The molecule has 0 saturated heterocycles. The highest BCUT2D eigenvalue weighted by Gasteiger charge is 2.61. The summed E-state index contributed by atoms with van der Waals surface area (Å²) in [6.45, 7) is 8.17. The van der Waals surface area contributed by atoms with E-state index in [1.165, 1.54) is 0 Å². The van der Waals surface area contributed by atoms with Gasteiger partial charge in [0.25, 0.3) is 0 Å². The van der Waals surface area contributed by atoms with E-state index in [-0.39, 0.29) is 34.6 Å². The van der Waals surface area contributed by atoms with Crippen molar-refractivity contribution in [2.45, 2.75) is 77.8 Å². The average Bonchev–Trinajstić information content (AvgIpc) is 2.99. The molecule has 1 unspecified atom stereocenters. The number of carbonyl (C=O) groups excluding carboxylic acids is 2. The van der Waals surface area contributed by atoms with Gasteiger partial charge in [-0.25, -0.2) is 0 Å². The summed E-state index contributed by atoms with van der Waals surface area (Å²) in [6, 6.07) is 2.43. The molecule has 0 radical (unpaired) electrons. The molecule has 3 fully saturated rings. The van der Waals surface area contributed by atoms with Gasteiger partial charge in [0.1, 0.15) is 5.54 Å². The molecule has 5 nitrogen and oxygen atoms in total. The van der Waals surface area contributed by atoms with E-state index < -0.39 is 5.54 Å². The highest BCUT2D eigenvalue weighted by atomic mass is 16.2. The van der Waals surface area contributed by atoms with Crippen LogP contribution < -0.4 is 10.6 Å². The Balaban J connectivity index is 1.57. The fourth-order valence-corrected chi connectivity index (χ4v) is 7.19. The third-order valence-corrected chi connectivity index (χ3v) is 8.72. The van der Waals surface area contributed by atoms with E-state index in [1.807, 2.05) is 0 Å². The molecule has 3 aliphatic carbocycles. The second-order valence-corrected chi connectivity index (χ2v) is 10.6. The van der Waals surface area contributed by atoms with Gasteiger partial charge in [-0.3, -0.25) is 9.59 Å². The monoisotopic (exact) mass is 383 g/mol. The van der Waals surface area contributed by atoms with Crippen molar-refractivity contribution in [2.24, 2.45) is 34.5 Å². The summed E-state index contributed by atoms with van der Waals surface area (Å²) >= 11 is 0. The molecule has 2 amide bonds. The normalized spacial score (nSPS) is 44.5. The summed E-state index contributed by atoms with van der Waals surface area (Å²) in [5.74, 6) is 1.83. The first-order chi connectivity index (χ1) is 13.1. The lowest BCUT2D eigenvalue weighted by Crippen LogP contribution is -2.59. The number of nitrogens with zero attached hydrogens (tertiary/aromatic N) is 1. The molecule has 1 heterocycles. The molecule has 0 aromatic rings. The largest absolute Gasteiger partial charge is 0.349 e. The van der Waals surface area contributed by atoms with Crippen LogP contribution in [-0.4, -0.2) is 23.4 Å². The number of hydrogen-bond donors (Lipinski definition) is 2. The number of rotatable bonds is 2. The van der Waals surface area contributed by atoms with Gasteiger partial charge in [0, 0.05) is 17.4 Å². The molecule has 0 bridgehead atoms. The molecule has 4 rings (SSSR count). The van der Waals surface area contributed by atoms with Crippen molar-refractivity contribution in [3.05, 3.63) is 12.2 Å². The van der Waals surface area contributed by atoms with Crippen molar-refractivity contribution in [2.75, 3.05) is 0 Å². The maximum absolute atomic E-state index is 13.0. The van der Waals surface area contributed by atoms with Crippen molar-refractivity contribution in [1.29, 1.82) is 5.26 Å². The number of hydrogen-bond acceptors (Lipinski definition) is 3. The van der Waals surface area contributed by atoms with Crippen LogP contribution in [-0.2, 0) is 9.59 Å². The van der Waals surface area contributed by atoms with E-state index in [1.54, 1.807) is 19.9 Å². The Bertz CT molecular complexity index is 766. The number of nitrogens with one attached hydrogen (secondary N) is 2. The number of fused-ring (bicyclic) bond motifs is 5. The molecule has 1 aliphatic heterocycles. The van der Waals surface area contributed by atoms with Gasteiger partial charge in [0.2, 0.25) is 11.8 Å². The topological polar surface area (TPSA) is 82.0 Å². The Morgan fingerprint density at radius 1 is 1.21 bits per heavy atom. The minimum atomic E-state index is -0.820. The van der Waals surface area contributed by atoms with Gasteiger partial charge >= 0.3 is 0 Å². The van der Waals surface area contributed by atoms with Crippen LogP contribution in [0.3, 0.4) is 0 Å². The highest BCUT2D eigenvalue weighted by molar-refractivity contribution is 5.89. The van der Waals surface area contributed by atoms with Gasteiger partial charge in [0.05, 0.1) is 6.07 Å². The molecule has 4 aliphatic rings. The third kappa shape index (κ3) is 2.79. The summed E-state index contributed by atoms with van der Waals surface area (Å²) in [7, 11) is 0. The molecular formula is C23H33N3O2. The summed E-state index contributed by atoms with van der Waals surface area (Å²) in [5, 5.41) is 15.5. The molecular weight excluding hydrogens is 350 g/mol. The molecule has 2 N–H and O–H groups in total. The van der Waals surface area contributed by atoms with Crippen LogP contribution in [0.25, 0.3) is 0 Å². The minimum absolute atomic E-state index is 0.00166. The van der Waals surface area contributed by atoms with Crippen molar-refractivity contribution in [1.82, 2.24) is 10.6 Å². The van der Waals surface area contributed by atoms with Gasteiger partial charge < -0.3 is 10.6 Å². The zero-order valence-electron chi connectivity index (χ0n) is 17.5. The smallest absolute Gasteiger partial charge is 0.243 e. The minimum Gasteiger partial charge on any atom is -0.349 e. The van der Waals surface area contributed by atoms with Crippen LogP contribution in [0.1, 0.15) is 66.2 Å². The van der Waals surface area contributed by atoms with E-state index >= 15 is 0 Å². The Labute approximate surface area is 168 Å². The predicted octanol–water partition coefficient (Wildman–Crippen LogP) is 3.32. The molecule has 0 aromatic carbocycles. The Morgan fingerprint density at radius 2 is 1.96 bits per heavy atom. The first-order valence-electron chi connectivity index (χ1n) is 10.8. The maximum Gasteiger partial charge on any atom is 0.243 e. The van der Waals surface area contributed by atoms with Crippen molar-refractivity contribution >= 4 is 11.8 Å². The first-order valence-corrected chi connectivity index (χ1v) is 10.8. The molecule has 28 heavy (non-hydrogen) atoms. The Hall–Kier alpha value is -1.83. The first kappa shape index (κ1) is 19.5. The standard InChI is InChI=1S/C23H33N3O2/c1-21(2,13-24)26-20(28)17-7-6-15-14-5-8-18-23(4,12-10-19(27)25-18)16(14)9-11-22(15,17)3/h10,12,14-18H,5-9,11H2,1-4H3,(H,25,27)(H,26,28)/t14-,15-,16-,17?,18+,22-,23+/m0/s1. The Kier molecular flexibility index (Phi) is 4.41. The lowest BCUT2D eigenvalue weighted by molar-refractivity contribution is -0.135. The third-order valence-electron chi connectivity index (χ3n) is 8.72.